The third-order valence-corrected chi connectivity index (χ3v) is 5.83. The summed E-state index contributed by atoms with van der Waals surface area (Å²) in [6.45, 7) is 2.92. The van der Waals surface area contributed by atoms with Crippen LogP contribution < -0.4 is 5.73 Å². The molecule has 0 amide bonds. The molecule has 0 aromatic heterocycles. The minimum Gasteiger partial charge on any atom is -0.330 e. The number of sulfonamides is 1. The van der Waals surface area contributed by atoms with Crippen molar-refractivity contribution in [2.45, 2.75) is 24.7 Å². The topological polar surface area (TPSA) is 107 Å². The second kappa shape index (κ2) is 6.08. The number of non-ortho nitro benzene ring substituents is 1. The van der Waals surface area contributed by atoms with Crippen LogP contribution in [0.15, 0.2) is 23.1 Å². The maximum absolute atomic E-state index is 12.7. The number of aryl methyl sites for hydroxylation is 1. The zero-order valence-electron chi connectivity index (χ0n) is 11.9. The summed E-state index contributed by atoms with van der Waals surface area (Å²) in [5.74, 6) is 0.173. The number of hydrogen-bond acceptors (Lipinski definition) is 5. The third-order valence-electron chi connectivity index (χ3n) is 3.80. The Morgan fingerprint density at radius 2 is 2.19 bits per heavy atom. The highest BCUT2D eigenvalue weighted by molar-refractivity contribution is 7.89. The molecule has 1 aromatic rings. The van der Waals surface area contributed by atoms with Gasteiger partial charge >= 0.3 is 0 Å². The van der Waals surface area contributed by atoms with Gasteiger partial charge in [0, 0.05) is 25.2 Å². The highest BCUT2D eigenvalue weighted by Crippen LogP contribution is 2.27. The van der Waals surface area contributed by atoms with Crippen LogP contribution in [0, 0.1) is 23.0 Å². The lowest BCUT2D eigenvalue weighted by molar-refractivity contribution is -0.385. The van der Waals surface area contributed by atoms with Crippen LogP contribution in [0.5, 0.6) is 0 Å². The average Bonchev–Trinajstić information content (AvgIpc) is 2.46. The van der Waals surface area contributed by atoms with Gasteiger partial charge in [0.2, 0.25) is 10.0 Å². The van der Waals surface area contributed by atoms with Gasteiger partial charge in [0.05, 0.1) is 9.82 Å². The van der Waals surface area contributed by atoms with Crippen molar-refractivity contribution in [1.29, 1.82) is 0 Å². The second-order valence-corrected chi connectivity index (χ2v) is 7.22. The van der Waals surface area contributed by atoms with Crippen molar-refractivity contribution in [2.24, 2.45) is 11.7 Å². The molecule has 2 rings (SSSR count). The monoisotopic (exact) mass is 313 g/mol. The largest absolute Gasteiger partial charge is 0.330 e. The maximum Gasteiger partial charge on any atom is 0.269 e. The number of piperidine rings is 1. The molecule has 1 heterocycles. The number of nitro benzene ring substituents is 1. The molecule has 0 saturated carbocycles. The van der Waals surface area contributed by atoms with E-state index in [1.807, 2.05) is 0 Å². The predicted octanol–water partition coefficient (Wildman–Crippen LogP) is 1.26. The normalized spacial score (nSPS) is 20.4. The highest BCUT2D eigenvalue weighted by atomic mass is 32.2. The van der Waals surface area contributed by atoms with E-state index in [9.17, 15) is 18.5 Å². The van der Waals surface area contributed by atoms with E-state index in [-0.39, 0.29) is 16.5 Å². The molecule has 1 fully saturated rings. The van der Waals surface area contributed by atoms with Gasteiger partial charge < -0.3 is 5.73 Å². The average molecular weight is 313 g/mol. The van der Waals surface area contributed by atoms with Crippen molar-refractivity contribution >= 4 is 15.7 Å². The van der Waals surface area contributed by atoms with E-state index in [0.717, 1.165) is 12.8 Å². The molecule has 8 heteroatoms. The SMILES string of the molecule is Cc1cc([N+](=O)[O-])ccc1S(=O)(=O)N1CCCC(CN)C1. The molecular weight excluding hydrogens is 294 g/mol. The van der Waals surface area contributed by atoms with E-state index in [4.69, 9.17) is 5.73 Å². The number of hydrogen-bond donors (Lipinski definition) is 1. The predicted molar refractivity (Wildman–Crippen MR) is 78.4 cm³/mol. The van der Waals surface area contributed by atoms with Crippen LogP contribution in [-0.2, 0) is 10.0 Å². The number of rotatable bonds is 4. The van der Waals surface area contributed by atoms with E-state index in [0.29, 0.717) is 25.2 Å². The van der Waals surface area contributed by atoms with Gasteiger partial charge in [-0.15, -0.1) is 0 Å². The maximum atomic E-state index is 12.7. The Bertz CT molecular complexity index is 645. The van der Waals surface area contributed by atoms with Crippen molar-refractivity contribution in [3.63, 3.8) is 0 Å². The summed E-state index contributed by atoms with van der Waals surface area (Å²) < 4.78 is 26.8. The summed E-state index contributed by atoms with van der Waals surface area (Å²) in [4.78, 5) is 10.3. The molecule has 1 aliphatic heterocycles. The van der Waals surface area contributed by atoms with Crippen molar-refractivity contribution < 1.29 is 13.3 Å². The summed E-state index contributed by atoms with van der Waals surface area (Å²) in [5, 5.41) is 10.7. The molecule has 1 unspecified atom stereocenters. The first-order valence-corrected chi connectivity index (χ1v) is 8.25. The van der Waals surface area contributed by atoms with Crippen LogP contribution >= 0.6 is 0 Å². The van der Waals surface area contributed by atoms with Crippen molar-refractivity contribution in [3.05, 3.63) is 33.9 Å². The van der Waals surface area contributed by atoms with Crippen LogP contribution in [0.4, 0.5) is 5.69 Å². The fourth-order valence-electron chi connectivity index (χ4n) is 2.61. The van der Waals surface area contributed by atoms with Gasteiger partial charge in [-0.2, -0.15) is 4.31 Å². The molecule has 2 N–H and O–H groups in total. The van der Waals surface area contributed by atoms with E-state index in [2.05, 4.69) is 0 Å². The Hall–Kier alpha value is -1.51. The fraction of sp³-hybridized carbons (Fsp3) is 0.538. The van der Waals surface area contributed by atoms with Gasteiger partial charge in [0.25, 0.3) is 5.69 Å². The van der Waals surface area contributed by atoms with Gasteiger partial charge in [-0.25, -0.2) is 8.42 Å². The highest BCUT2D eigenvalue weighted by Gasteiger charge is 2.31. The molecule has 21 heavy (non-hydrogen) atoms. The number of nitro groups is 1. The molecule has 0 bridgehead atoms. The summed E-state index contributed by atoms with van der Waals surface area (Å²) in [5.41, 5.74) is 5.92. The summed E-state index contributed by atoms with van der Waals surface area (Å²) in [6.07, 6.45) is 1.72. The van der Waals surface area contributed by atoms with Gasteiger partial charge in [-0.1, -0.05) is 0 Å². The Morgan fingerprint density at radius 1 is 1.48 bits per heavy atom. The van der Waals surface area contributed by atoms with E-state index in [1.54, 1.807) is 6.92 Å². The second-order valence-electron chi connectivity index (χ2n) is 5.31. The number of nitrogens with two attached hydrogens (primary N) is 1. The molecule has 0 spiro atoms. The van der Waals surface area contributed by atoms with E-state index >= 15 is 0 Å². The molecule has 116 valence electrons. The molecule has 1 atom stereocenters. The number of benzene rings is 1. The fourth-order valence-corrected chi connectivity index (χ4v) is 4.37. The van der Waals surface area contributed by atoms with Crippen molar-refractivity contribution in [1.82, 2.24) is 4.31 Å². The zero-order valence-corrected chi connectivity index (χ0v) is 12.7. The molecule has 7 nitrogen and oxygen atoms in total. The van der Waals surface area contributed by atoms with E-state index in [1.165, 1.54) is 22.5 Å². The molecule has 1 aromatic carbocycles. The standard InChI is InChI=1S/C13H19N3O4S/c1-10-7-12(16(17)18)4-5-13(10)21(19,20)15-6-2-3-11(8-14)9-15/h4-5,7,11H,2-3,6,8-9,14H2,1H3. The van der Waals surface area contributed by atoms with Crippen molar-refractivity contribution in [3.8, 4) is 0 Å². The minimum atomic E-state index is -3.62. The molecule has 0 radical (unpaired) electrons. The Balaban J connectivity index is 2.33. The first kappa shape index (κ1) is 15.9. The van der Waals surface area contributed by atoms with Gasteiger partial charge in [0.1, 0.15) is 0 Å². The Morgan fingerprint density at radius 3 is 2.76 bits per heavy atom. The van der Waals surface area contributed by atoms with Crippen LogP contribution in [0.1, 0.15) is 18.4 Å². The third kappa shape index (κ3) is 3.22. The Kier molecular flexibility index (Phi) is 4.60. The molecular formula is C13H19N3O4S. The molecule has 0 aliphatic carbocycles. The summed E-state index contributed by atoms with van der Waals surface area (Å²) in [6, 6.07) is 3.83. The molecule has 1 aliphatic rings. The lowest BCUT2D eigenvalue weighted by atomic mass is 10.0. The first-order chi connectivity index (χ1) is 9.86. The van der Waals surface area contributed by atoms with Gasteiger partial charge in [0.15, 0.2) is 0 Å². The lowest BCUT2D eigenvalue weighted by Gasteiger charge is -2.31. The minimum absolute atomic E-state index is 0.107. The first-order valence-electron chi connectivity index (χ1n) is 6.81. The summed E-state index contributed by atoms with van der Waals surface area (Å²) in [7, 11) is -3.62. The van der Waals surface area contributed by atoms with Crippen LogP contribution in [-0.4, -0.2) is 37.3 Å². The smallest absolute Gasteiger partial charge is 0.269 e. The quantitative estimate of drug-likeness (QED) is 0.665. The van der Waals surface area contributed by atoms with Crippen LogP contribution in [0.3, 0.4) is 0 Å². The van der Waals surface area contributed by atoms with Crippen LogP contribution in [0.2, 0.25) is 0 Å². The van der Waals surface area contributed by atoms with E-state index < -0.39 is 14.9 Å². The van der Waals surface area contributed by atoms with Gasteiger partial charge in [-0.05, 0) is 43.9 Å². The molecule has 1 saturated heterocycles. The van der Waals surface area contributed by atoms with Crippen molar-refractivity contribution in [2.75, 3.05) is 19.6 Å². The Labute approximate surface area is 123 Å². The zero-order chi connectivity index (χ0) is 15.6. The summed E-state index contributed by atoms with van der Waals surface area (Å²) >= 11 is 0. The lowest BCUT2D eigenvalue weighted by Crippen LogP contribution is -2.42. The van der Waals surface area contributed by atoms with Gasteiger partial charge in [-0.3, -0.25) is 10.1 Å². The van der Waals surface area contributed by atoms with Crippen LogP contribution in [0.25, 0.3) is 0 Å². The number of nitrogens with zero attached hydrogens (tertiary/aromatic N) is 2.